The Balaban J connectivity index is 1.54. The van der Waals surface area contributed by atoms with E-state index in [2.05, 4.69) is 27.3 Å². The molecular formula is C18H28N2O2S. The van der Waals surface area contributed by atoms with Crippen molar-refractivity contribution in [1.82, 2.24) is 9.80 Å². The minimum atomic E-state index is 0.371. The maximum absolute atomic E-state index is 12.4. The van der Waals surface area contributed by atoms with Crippen LogP contribution in [0.15, 0.2) is 17.5 Å². The average molecular weight is 337 g/mol. The second-order valence-corrected chi connectivity index (χ2v) is 7.75. The number of thiophene rings is 1. The van der Waals surface area contributed by atoms with Crippen LogP contribution in [0.2, 0.25) is 0 Å². The number of hydrogen-bond acceptors (Lipinski definition) is 4. The summed E-state index contributed by atoms with van der Waals surface area (Å²) >= 11 is 1.80. The van der Waals surface area contributed by atoms with Crippen molar-refractivity contribution >= 4 is 17.2 Å². The first-order valence-electron chi connectivity index (χ1n) is 8.81. The molecule has 3 heterocycles. The first-order chi connectivity index (χ1) is 11.3. The Morgan fingerprint density at radius 2 is 2.26 bits per heavy atom. The van der Waals surface area contributed by atoms with E-state index in [1.165, 1.54) is 4.88 Å². The predicted molar refractivity (Wildman–Crippen MR) is 93.8 cm³/mol. The molecule has 0 unspecified atom stereocenters. The minimum absolute atomic E-state index is 0.371. The summed E-state index contributed by atoms with van der Waals surface area (Å²) in [4.78, 5) is 18.5. The van der Waals surface area contributed by atoms with Crippen molar-refractivity contribution in [2.75, 3.05) is 39.9 Å². The molecule has 2 fully saturated rings. The fourth-order valence-corrected chi connectivity index (χ4v) is 4.74. The highest BCUT2D eigenvalue weighted by molar-refractivity contribution is 7.09. The van der Waals surface area contributed by atoms with Crippen molar-refractivity contribution in [3.63, 3.8) is 0 Å². The first kappa shape index (κ1) is 16.9. The maximum Gasteiger partial charge on any atom is 0.222 e. The van der Waals surface area contributed by atoms with E-state index in [0.717, 1.165) is 64.9 Å². The normalized spacial score (nSPS) is 25.6. The summed E-state index contributed by atoms with van der Waals surface area (Å²) in [7, 11) is 1.77. The van der Waals surface area contributed by atoms with Crippen LogP contribution in [-0.4, -0.2) is 61.6 Å². The van der Waals surface area contributed by atoms with Crippen LogP contribution < -0.4 is 0 Å². The van der Waals surface area contributed by atoms with Gasteiger partial charge in [-0.25, -0.2) is 0 Å². The molecule has 0 N–H and O–H groups in total. The van der Waals surface area contributed by atoms with Crippen molar-refractivity contribution in [3.05, 3.63) is 22.4 Å². The molecule has 2 saturated heterocycles. The highest BCUT2D eigenvalue weighted by Crippen LogP contribution is 2.31. The lowest BCUT2D eigenvalue weighted by Gasteiger charge is -2.47. The smallest absolute Gasteiger partial charge is 0.222 e. The fraction of sp³-hybridized carbons (Fsp3) is 0.722. The van der Waals surface area contributed by atoms with Crippen molar-refractivity contribution in [2.24, 2.45) is 5.92 Å². The molecule has 0 aliphatic carbocycles. The van der Waals surface area contributed by atoms with Crippen LogP contribution in [-0.2, 0) is 16.0 Å². The number of nitrogens with zero attached hydrogens (tertiary/aromatic N) is 2. The Bertz CT molecular complexity index is 491. The summed E-state index contributed by atoms with van der Waals surface area (Å²) in [5.41, 5.74) is 0. The van der Waals surface area contributed by atoms with E-state index >= 15 is 0 Å². The SMILES string of the molecule is COCCCN1CC[C@@H]2[C@@H](CCC(=O)N2CCc2cccs2)C1. The molecule has 1 aromatic heterocycles. The van der Waals surface area contributed by atoms with Gasteiger partial charge in [-0.1, -0.05) is 6.07 Å². The number of carbonyl (C=O) groups excluding carboxylic acids is 1. The number of hydrogen-bond donors (Lipinski definition) is 0. The van der Waals surface area contributed by atoms with Crippen molar-refractivity contribution in [2.45, 2.75) is 38.1 Å². The van der Waals surface area contributed by atoms with Gasteiger partial charge in [-0.2, -0.15) is 0 Å². The molecule has 0 aromatic carbocycles. The molecule has 3 rings (SSSR count). The highest BCUT2D eigenvalue weighted by Gasteiger charge is 2.38. The number of carbonyl (C=O) groups is 1. The van der Waals surface area contributed by atoms with Crippen LogP contribution in [0.1, 0.15) is 30.6 Å². The summed E-state index contributed by atoms with van der Waals surface area (Å²) in [5.74, 6) is 1.03. The molecule has 0 spiro atoms. The van der Waals surface area contributed by atoms with E-state index in [-0.39, 0.29) is 0 Å². The summed E-state index contributed by atoms with van der Waals surface area (Å²) < 4.78 is 5.16. The lowest BCUT2D eigenvalue weighted by molar-refractivity contribution is -0.141. The fourth-order valence-electron chi connectivity index (χ4n) is 4.04. The number of amides is 1. The minimum Gasteiger partial charge on any atom is -0.385 e. The third kappa shape index (κ3) is 4.34. The summed E-state index contributed by atoms with van der Waals surface area (Å²) in [6.07, 6.45) is 5.05. The van der Waals surface area contributed by atoms with Crippen molar-refractivity contribution in [1.29, 1.82) is 0 Å². The average Bonchev–Trinajstić information content (AvgIpc) is 3.08. The van der Waals surface area contributed by atoms with Crippen LogP contribution in [0.3, 0.4) is 0 Å². The van der Waals surface area contributed by atoms with E-state index in [0.29, 0.717) is 17.9 Å². The molecule has 1 aromatic rings. The Hall–Kier alpha value is -0.910. The Morgan fingerprint density at radius 3 is 3.04 bits per heavy atom. The van der Waals surface area contributed by atoms with Gasteiger partial charge in [0.05, 0.1) is 0 Å². The Morgan fingerprint density at radius 1 is 1.35 bits per heavy atom. The zero-order valence-electron chi connectivity index (χ0n) is 14.1. The van der Waals surface area contributed by atoms with Crippen molar-refractivity contribution < 1.29 is 9.53 Å². The van der Waals surface area contributed by atoms with Gasteiger partial charge >= 0.3 is 0 Å². The zero-order chi connectivity index (χ0) is 16.1. The molecule has 2 aliphatic rings. The van der Waals surface area contributed by atoms with Crippen LogP contribution in [0.5, 0.6) is 0 Å². The molecule has 0 bridgehead atoms. The van der Waals surface area contributed by atoms with E-state index < -0.39 is 0 Å². The molecule has 0 saturated carbocycles. The molecule has 0 radical (unpaired) electrons. The van der Waals surface area contributed by atoms with Gasteiger partial charge in [-0.3, -0.25) is 4.79 Å². The quantitative estimate of drug-likeness (QED) is 0.718. The molecule has 2 aliphatic heterocycles. The monoisotopic (exact) mass is 336 g/mol. The van der Waals surface area contributed by atoms with Crippen LogP contribution in [0, 0.1) is 5.92 Å². The van der Waals surface area contributed by atoms with Gasteiger partial charge < -0.3 is 14.5 Å². The number of likely N-dealkylation sites (tertiary alicyclic amines) is 2. The van der Waals surface area contributed by atoms with Gasteiger partial charge in [-0.05, 0) is 43.0 Å². The van der Waals surface area contributed by atoms with Gasteiger partial charge in [0.1, 0.15) is 0 Å². The molecule has 5 heteroatoms. The summed E-state index contributed by atoms with van der Waals surface area (Å²) in [6.45, 7) is 5.13. The van der Waals surface area contributed by atoms with Gasteiger partial charge in [0.2, 0.25) is 5.91 Å². The van der Waals surface area contributed by atoms with Gasteiger partial charge in [0, 0.05) is 57.2 Å². The lowest BCUT2D eigenvalue weighted by atomic mass is 9.83. The molecule has 4 nitrogen and oxygen atoms in total. The molecule has 2 atom stereocenters. The standard InChI is InChI=1S/C18H28N2O2S/c1-22-12-3-9-19-10-8-17-15(14-19)5-6-18(21)20(17)11-7-16-4-2-13-23-16/h2,4,13,15,17H,3,5-12,14H2,1H3/t15-,17+/m0/s1. The number of methoxy groups -OCH3 is 1. The van der Waals surface area contributed by atoms with Gasteiger partial charge in [0.15, 0.2) is 0 Å². The maximum atomic E-state index is 12.4. The number of piperidine rings is 2. The van der Waals surface area contributed by atoms with Crippen LogP contribution >= 0.6 is 11.3 Å². The number of rotatable bonds is 7. The summed E-state index contributed by atoms with van der Waals surface area (Å²) in [6, 6.07) is 4.74. The van der Waals surface area contributed by atoms with E-state index in [1.54, 1.807) is 18.4 Å². The Kier molecular flexibility index (Phi) is 6.08. The van der Waals surface area contributed by atoms with Crippen LogP contribution in [0.4, 0.5) is 0 Å². The van der Waals surface area contributed by atoms with Gasteiger partial charge in [0.25, 0.3) is 0 Å². The highest BCUT2D eigenvalue weighted by atomic mass is 32.1. The topological polar surface area (TPSA) is 32.8 Å². The van der Waals surface area contributed by atoms with Crippen LogP contribution in [0.25, 0.3) is 0 Å². The molecular weight excluding hydrogens is 308 g/mol. The molecule has 23 heavy (non-hydrogen) atoms. The third-order valence-corrected chi connectivity index (χ3v) is 6.17. The predicted octanol–water partition coefficient (Wildman–Crippen LogP) is 2.64. The first-order valence-corrected chi connectivity index (χ1v) is 9.69. The van der Waals surface area contributed by atoms with Gasteiger partial charge in [-0.15, -0.1) is 11.3 Å². The molecule has 128 valence electrons. The number of ether oxygens (including phenoxy) is 1. The largest absolute Gasteiger partial charge is 0.385 e. The third-order valence-electron chi connectivity index (χ3n) is 5.23. The molecule has 1 amide bonds. The zero-order valence-corrected chi connectivity index (χ0v) is 14.9. The van der Waals surface area contributed by atoms with E-state index in [4.69, 9.17) is 4.74 Å². The number of fused-ring (bicyclic) bond motifs is 1. The lowest BCUT2D eigenvalue weighted by Crippen LogP contribution is -2.56. The second kappa shape index (κ2) is 8.27. The summed E-state index contributed by atoms with van der Waals surface area (Å²) in [5, 5.41) is 2.12. The Labute approximate surface area is 143 Å². The van der Waals surface area contributed by atoms with Crippen molar-refractivity contribution in [3.8, 4) is 0 Å². The van der Waals surface area contributed by atoms with E-state index in [9.17, 15) is 4.79 Å². The van der Waals surface area contributed by atoms with E-state index in [1.807, 2.05) is 0 Å². The second-order valence-electron chi connectivity index (χ2n) is 6.72.